The van der Waals surface area contributed by atoms with E-state index in [1.54, 1.807) is 4.90 Å². The molecule has 2 nitrogen and oxygen atoms in total. The Morgan fingerprint density at radius 2 is 1.86 bits per heavy atom. The molecule has 21 heavy (non-hydrogen) atoms. The first-order valence-corrected chi connectivity index (χ1v) is 8.74. The Morgan fingerprint density at radius 3 is 2.57 bits per heavy atom. The summed E-state index contributed by atoms with van der Waals surface area (Å²) >= 11 is 6.08. The van der Waals surface area contributed by atoms with Gasteiger partial charge in [-0.2, -0.15) is 0 Å². The van der Waals surface area contributed by atoms with E-state index < -0.39 is 0 Å². The first-order valence-electron chi connectivity index (χ1n) is 8.36. The van der Waals surface area contributed by atoms with Crippen molar-refractivity contribution in [2.24, 2.45) is 5.92 Å². The van der Waals surface area contributed by atoms with Crippen LogP contribution in [0.2, 0.25) is 5.02 Å². The molecular formula is C18H27ClN2+2. The van der Waals surface area contributed by atoms with E-state index in [1.165, 1.54) is 57.5 Å². The summed E-state index contributed by atoms with van der Waals surface area (Å²) in [7, 11) is 0. The van der Waals surface area contributed by atoms with Crippen molar-refractivity contribution in [1.29, 1.82) is 0 Å². The highest BCUT2D eigenvalue weighted by molar-refractivity contribution is 6.30. The average molecular weight is 307 g/mol. The van der Waals surface area contributed by atoms with Gasteiger partial charge in [0.25, 0.3) is 0 Å². The van der Waals surface area contributed by atoms with Crippen LogP contribution in [0.25, 0.3) is 0 Å². The van der Waals surface area contributed by atoms with Crippen molar-refractivity contribution in [1.82, 2.24) is 0 Å². The molecule has 1 aliphatic carbocycles. The minimum atomic E-state index is 0.863. The molecule has 0 radical (unpaired) electrons. The average Bonchev–Trinajstić information content (AvgIpc) is 2.50. The summed E-state index contributed by atoms with van der Waals surface area (Å²) in [6, 6.07) is 8.34. The Bertz CT molecular complexity index is 478. The number of hydrogen-bond donors (Lipinski definition) is 2. The molecule has 3 rings (SSSR count). The summed E-state index contributed by atoms with van der Waals surface area (Å²) in [4.78, 5) is 3.54. The molecule has 0 amide bonds. The van der Waals surface area contributed by atoms with E-state index >= 15 is 0 Å². The van der Waals surface area contributed by atoms with Crippen molar-refractivity contribution >= 4 is 11.6 Å². The fraction of sp³-hybridized carbons (Fsp3) is 0.556. The lowest BCUT2D eigenvalue weighted by atomic mass is 9.94. The number of piperazine rings is 1. The molecule has 3 heteroatoms. The summed E-state index contributed by atoms with van der Waals surface area (Å²) in [5.41, 5.74) is 1.37. The molecule has 1 atom stereocenters. The molecule has 0 aromatic heterocycles. The van der Waals surface area contributed by atoms with E-state index in [-0.39, 0.29) is 0 Å². The van der Waals surface area contributed by atoms with Gasteiger partial charge in [0.05, 0.1) is 6.54 Å². The third-order valence-corrected chi connectivity index (χ3v) is 5.20. The van der Waals surface area contributed by atoms with Crippen LogP contribution in [0.1, 0.15) is 24.8 Å². The van der Waals surface area contributed by atoms with E-state index in [0.29, 0.717) is 0 Å². The fourth-order valence-corrected chi connectivity index (χ4v) is 3.94. The number of nitrogens with one attached hydrogen (secondary N) is 2. The predicted molar refractivity (Wildman–Crippen MR) is 87.9 cm³/mol. The van der Waals surface area contributed by atoms with Crippen molar-refractivity contribution in [3.8, 4) is 0 Å². The van der Waals surface area contributed by atoms with Crippen molar-refractivity contribution in [2.45, 2.75) is 25.8 Å². The van der Waals surface area contributed by atoms with E-state index in [0.717, 1.165) is 17.5 Å². The van der Waals surface area contributed by atoms with E-state index in [2.05, 4.69) is 30.4 Å². The molecule has 2 aliphatic rings. The van der Waals surface area contributed by atoms with Gasteiger partial charge in [-0.25, -0.2) is 0 Å². The molecule has 0 saturated carbocycles. The Hall–Kier alpha value is -0.830. The number of rotatable bonds is 4. The summed E-state index contributed by atoms with van der Waals surface area (Å²) in [6.07, 6.45) is 8.74. The number of halogens is 1. The van der Waals surface area contributed by atoms with Gasteiger partial charge in [-0.15, -0.1) is 0 Å². The van der Waals surface area contributed by atoms with Crippen LogP contribution in [0.5, 0.6) is 0 Å². The van der Waals surface area contributed by atoms with Crippen LogP contribution in [0.3, 0.4) is 0 Å². The van der Waals surface area contributed by atoms with Gasteiger partial charge in [-0.1, -0.05) is 35.9 Å². The lowest BCUT2D eigenvalue weighted by Crippen LogP contribution is -3.27. The Morgan fingerprint density at radius 1 is 1.05 bits per heavy atom. The normalized spacial score (nSPS) is 29.5. The van der Waals surface area contributed by atoms with Crippen LogP contribution in [0.15, 0.2) is 36.4 Å². The molecule has 1 aliphatic heterocycles. The second kappa shape index (κ2) is 7.44. The van der Waals surface area contributed by atoms with Gasteiger partial charge in [-0.05, 0) is 31.4 Å². The van der Waals surface area contributed by atoms with Crippen LogP contribution in [0.4, 0.5) is 0 Å². The molecule has 0 bridgehead atoms. The summed E-state index contributed by atoms with van der Waals surface area (Å²) in [6.45, 7) is 7.76. The minimum absolute atomic E-state index is 0.863. The maximum absolute atomic E-state index is 6.08. The Labute approximate surface area is 133 Å². The number of quaternary nitrogens is 2. The standard InChI is InChI=1S/C18H25ClN2/c19-18-8-4-7-17(13-18)15-21-11-9-20(10-12-21)14-16-5-2-1-3-6-16/h1-2,4,7-8,13,16H,3,5-6,9-12,14-15H2/p+2/t16-/m0/s1. The summed E-state index contributed by atoms with van der Waals surface area (Å²) in [5.74, 6) is 0.930. The molecule has 2 N–H and O–H groups in total. The highest BCUT2D eigenvalue weighted by Gasteiger charge is 2.25. The molecule has 0 spiro atoms. The second-order valence-corrected chi connectivity index (χ2v) is 7.10. The monoisotopic (exact) mass is 306 g/mol. The zero-order valence-corrected chi connectivity index (χ0v) is 13.5. The molecular weight excluding hydrogens is 280 g/mol. The predicted octanol–water partition coefficient (Wildman–Crippen LogP) is 0.980. The van der Waals surface area contributed by atoms with Crippen molar-refractivity contribution in [3.63, 3.8) is 0 Å². The van der Waals surface area contributed by atoms with Gasteiger partial charge >= 0.3 is 0 Å². The van der Waals surface area contributed by atoms with Gasteiger partial charge in [0.15, 0.2) is 0 Å². The molecule has 114 valence electrons. The van der Waals surface area contributed by atoms with Crippen LogP contribution in [0, 0.1) is 5.92 Å². The zero-order valence-electron chi connectivity index (χ0n) is 12.8. The first kappa shape index (κ1) is 15.1. The van der Waals surface area contributed by atoms with Crippen LogP contribution >= 0.6 is 11.6 Å². The zero-order chi connectivity index (χ0) is 14.5. The minimum Gasteiger partial charge on any atom is -0.325 e. The molecule has 1 aromatic carbocycles. The van der Waals surface area contributed by atoms with E-state index in [1.807, 2.05) is 11.0 Å². The lowest BCUT2D eigenvalue weighted by Gasteiger charge is -2.32. The highest BCUT2D eigenvalue weighted by Crippen LogP contribution is 2.16. The second-order valence-electron chi connectivity index (χ2n) is 6.66. The fourth-order valence-electron chi connectivity index (χ4n) is 3.72. The molecule has 1 saturated heterocycles. The third-order valence-electron chi connectivity index (χ3n) is 4.96. The maximum atomic E-state index is 6.08. The topological polar surface area (TPSA) is 8.88 Å². The van der Waals surface area contributed by atoms with Crippen LogP contribution < -0.4 is 9.80 Å². The lowest BCUT2D eigenvalue weighted by molar-refractivity contribution is -1.02. The quantitative estimate of drug-likeness (QED) is 0.768. The highest BCUT2D eigenvalue weighted by atomic mass is 35.5. The number of hydrogen-bond acceptors (Lipinski definition) is 0. The first-order chi connectivity index (χ1) is 10.3. The maximum Gasteiger partial charge on any atom is 0.127 e. The Balaban J connectivity index is 1.43. The van der Waals surface area contributed by atoms with Gasteiger partial charge < -0.3 is 9.80 Å². The third kappa shape index (κ3) is 4.57. The number of allylic oxidation sites excluding steroid dienone is 2. The molecule has 1 heterocycles. The molecule has 0 unspecified atom stereocenters. The van der Waals surface area contributed by atoms with Crippen molar-refractivity contribution in [3.05, 3.63) is 47.0 Å². The largest absolute Gasteiger partial charge is 0.325 e. The molecule has 1 fully saturated rings. The van der Waals surface area contributed by atoms with Crippen LogP contribution in [-0.4, -0.2) is 32.7 Å². The van der Waals surface area contributed by atoms with E-state index in [9.17, 15) is 0 Å². The van der Waals surface area contributed by atoms with Gasteiger partial charge in [0.2, 0.25) is 0 Å². The van der Waals surface area contributed by atoms with Gasteiger partial charge in [-0.3, -0.25) is 0 Å². The SMILES string of the molecule is Clc1cccc(C[NH+]2CC[NH+](C[C@H]3CC=CCC3)CC2)c1. The molecule has 1 aromatic rings. The van der Waals surface area contributed by atoms with Gasteiger partial charge in [0, 0.05) is 16.5 Å². The smallest absolute Gasteiger partial charge is 0.127 e. The van der Waals surface area contributed by atoms with Crippen molar-refractivity contribution in [2.75, 3.05) is 32.7 Å². The van der Waals surface area contributed by atoms with E-state index in [4.69, 9.17) is 11.6 Å². The van der Waals surface area contributed by atoms with Gasteiger partial charge in [0.1, 0.15) is 32.7 Å². The Kier molecular flexibility index (Phi) is 5.34. The summed E-state index contributed by atoms with van der Waals surface area (Å²) < 4.78 is 0. The number of benzene rings is 1. The van der Waals surface area contributed by atoms with Crippen LogP contribution in [-0.2, 0) is 6.54 Å². The van der Waals surface area contributed by atoms with Crippen molar-refractivity contribution < 1.29 is 9.80 Å². The summed E-state index contributed by atoms with van der Waals surface area (Å²) in [5, 5.41) is 0.863.